The van der Waals surface area contributed by atoms with Crippen molar-refractivity contribution in [3.05, 3.63) is 0 Å². The molecule has 0 N–H and O–H groups in total. The van der Waals surface area contributed by atoms with Crippen LogP contribution in [0.5, 0.6) is 0 Å². The predicted octanol–water partition coefficient (Wildman–Crippen LogP) is 2.16. The second-order valence-electron chi connectivity index (χ2n) is 3.83. The second kappa shape index (κ2) is 2.37. The number of carbonyl (C=O) groups is 1. The van der Waals surface area contributed by atoms with E-state index in [1.165, 1.54) is 25.7 Å². The van der Waals surface area contributed by atoms with Gasteiger partial charge in [0.15, 0.2) is 0 Å². The molecule has 0 amide bonds. The molecule has 2 fully saturated rings. The summed E-state index contributed by atoms with van der Waals surface area (Å²) >= 11 is 0. The molecule has 0 heterocycles. The number of ketones is 1. The first-order chi connectivity index (χ1) is 4.84. The monoisotopic (exact) mass is 138 g/mol. The largest absolute Gasteiger partial charge is 0.300 e. The van der Waals surface area contributed by atoms with Crippen LogP contribution >= 0.6 is 0 Å². The first-order valence-corrected chi connectivity index (χ1v) is 4.36. The van der Waals surface area contributed by atoms with Gasteiger partial charge in [0, 0.05) is 12.8 Å². The van der Waals surface area contributed by atoms with Crippen molar-refractivity contribution in [3.8, 4) is 0 Å². The van der Waals surface area contributed by atoms with Crippen LogP contribution in [0, 0.1) is 11.8 Å². The van der Waals surface area contributed by atoms with Crippen LogP contribution in [0.1, 0.15) is 38.5 Å². The molecule has 1 atom stereocenters. The summed E-state index contributed by atoms with van der Waals surface area (Å²) in [6.07, 6.45) is 7.18. The first-order valence-electron chi connectivity index (χ1n) is 4.36. The SMILES string of the molecule is O=C1CCC(CC2CC2)C1. The average Bonchev–Trinajstić information content (AvgIpc) is 2.59. The smallest absolute Gasteiger partial charge is 0.133 e. The number of hydrogen-bond acceptors (Lipinski definition) is 1. The van der Waals surface area contributed by atoms with E-state index in [1.807, 2.05) is 0 Å². The molecule has 2 rings (SSSR count). The molecule has 1 nitrogen and oxygen atoms in total. The van der Waals surface area contributed by atoms with Crippen molar-refractivity contribution in [1.82, 2.24) is 0 Å². The van der Waals surface area contributed by atoms with E-state index in [-0.39, 0.29) is 0 Å². The third-order valence-electron chi connectivity index (χ3n) is 2.71. The van der Waals surface area contributed by atoms with Crippen molar-refractivity contribution in [2.75, 3.05) is 0 Å². The summed E-state index contributed by atoms with van der Waals surface area (Å²) in [5, 5.41) is 0. The highest BCUT2D eigenvalue weighted by atomic mass is 16.1. The van der Waals surface area contributed by atoms with Gasteiger partial charge in [0.25, 0.3) is 0 Å². The summed E-state index contributed by atoms with van der Waals surface area (Å²) in [5.74, 6) is 2.29. The van der Waals surface area contributed by atoms with E-state index in [0.717, 1.165) is 24.7 Å². The average molecular weight is 138 g/mol. The molecule has 0 bridgehead atoms. The Bertz CT molecular complexity index is 147. The highest BCUT2D eigenvalue weighted by Gasteiger charge is 2.29. The van der Waals surface area contributed by atoms with Crippen molar-refractivity contribution in [1.29, 1.82) is 0 Å². The molecule has 2 aliphatic rings. The van der Waals surface area contributed by atoms with Gasteiger partial charge in [-0.1, -0.05) is 12.8 Å². The van der Waals surface area contributed by atoms with Crippen LogP contribution in [0.4, 0.5) is 0 Å². The molecule has 0 aromatic heterocycles. The van der Waals surface area contributed by atoms with Gasteiger partial charge in [-0.3, -0.25) is 4.79 Å². The van der Waals surface area contributed by atoms with Gasteiger partial charge in [0.2, 0.25) is 0 Å². The van der Waals surface area contributed by atoms with Crippen LogP contribution in [0.15, 0.2) is 0 Å². The summed E-state index contributed by atoms with van der Waals surface area (Å²) < 4.78 is 0. The Morgan fingerprint density at radius 1 is 1.20 bits per heavy atom. The second-order valence-corrected chi connectivity index (χ2v) is 3.83. The van der Waals surface area contributed by atoms with E-state index in [0.29, 0.717) is 5.78 Å². The lowest BCUT2D eigenvalue weighted by atomic mass is 10.0. The van der Waals surface area contributed by atoms with Crippen molar-refractivity contribution in [3.63, 3.8) is 0 Å². The van der Waals surface area contributed by atoms with Gasteiger partial charge < -0.3 is 0 Å². The van der Waals surface area contributed by atoms with E-state index in [9.17, 15) is 4.79 Å². The van der Waals surface area contributed by atoms with E-state index in [2.05, 4.69) is 0 Å². The summed E-state index contributed by atoms with van der Waals surface area (Å²) in [6, 6.07) is 0. The zero-order valence-electron chi connectivity index (χ0n) is 6.31. The standard InChI is InChI=1S/C9H14O/c10-9-4-3-8(6-9)5-7-1-2-7/h7-8H,1-6H2. The molecule has 1 heteroatoms. The van der Waals surface area contributed by atoms with Crippen molar-refractivity contribution < 1.29 is 4.79 Å². The van der Waals surface area contributed by atoms with Crippen LogP contribution < -0.4 is 0 Å². The van der Waals surface area contributed by atoms with E-state index in [1.54, 1.807) is 0 Å². The molecule has 56 valence electrons. The van der Waals surface area contributed by atoms with Crippen molar-refractivity contribution in [2.45, 2.75) is 38.5 Å². The topological polar surface area (TPSA) is 17.1 Å². The fourth-order valence-corrected chi connectivity index (χ4v) is 1.92. The maximum atomic E-state index is 10.9. The summed E-state index contributed by atoms with van der Waals surface area (Å²) in [5.41, 5.74) is 0. The third kappa shape index (κ3) is 1.39. The number of Topliss-reactive ketones (excluding diaryl/α,β-unsaturated/α-hetero) is 1. The molecular formula is C9H14O. The molecule has 2 aliphatic carbocycles. The number of rotatable bonds is 2. The minimum atomic E-state index is 0.505. The fraction of sp³-hybridized carbons (Fsp3) is 0.889. The van der Waals surface area contributed by atoms with Crippen LogP contribution in [0.3, 0.4) is 0 Å². The van der Waals surface area contributed by atoms with Gasteiger partial charge in [-0.25, -0.2) is 0 Å². The van der Waals surface area contributed by atoms with Gasteiger partial charge in [-0.05, 0) is 24.7 Å². The van der Waals surface area contributed by atoms with Gasteiger partial charge in [-0.2, -0.15) is 0 Å². The normalized spacial score (nSPS) is 33.2. The van der Waals surface area contributed by atoms with E-state index >= 15 is 0 Å². The Hall–Kier alpha value is -0.330. The van der Waals surface area contributed by atoms with Crippen LogP contribution in [-0.2, 0) is 4.79 Å². The molecule has 0 aromatic carbocycles. The molecule has 1 unspecified atom stereocenters. The molecule has 0 aromatic rings. The zero-order chi connectivity index (χ0) is 6.97. The maximum absolute atomic E-state index is 10.9. The summed E-state index contributed by atoms with van der Waals surface area (Å²) in [6.45, 7) is 0. The zero-order valence-corrected chi connectivity index (χ0v) is 6.31. The Morgan fingerprint density at radius 3 is 2.50 bits per heavy atom. The van der Waals surface area contributed by atoms with Crippen molar-refractivity contribution in [2.24, 2.45) is 11.8 Å². The quantitative estimate of drug-likeness (QED) is 0.571. The highest BCUT2D eigenvalue weighted by molar-refractivity contribution is 5.80. The van der Waals surface area contributed by atoms with Gasteiger partial charge in [0.05, 0.1) is 0 Å². The van der Waals surface area contributed by atoms with Gasteiger partial charge in [-0.15, -0.1) is 0 Å². The predicted molar refractivity (Wildman–Crippen MR) is 39.7 cm³/mol. The van der Waals surface area contributed by atoms with Crippen LogP contribution in [-0.4, -0.2) is 5.78 Å². The third-order valence-corrected chi connectivity index (χ3v) is 2.71. The van der Waals surface area contributed by atoms with Crippen LogP contribution in [0.2, 0.25) is 0 Å². The molecular weight excluding hydrogens is 124 g/mol. The summed E-state index contributed by atoms with van der Waals surface area (Å²) in [7, 11) is 0. The lowest BCUT2D eigenvalue weighted by Crippen LogP contribution is -1.95. The van der Waals surface area contributed by atoms with E-state index < -0.39 is 0 Å². The highest BCUT2D eigenvalue weighted by Crippen LogP contribution is 2.39. The molecule has 0 aliphatic heterocycles. The number of hydrogen-bond donors (Lipinski definition) is 0. The van der Waals surface area contributed by atoms with Gasteiger partial charge >= 0.3 is 0 Å². The van der Waals surface area contributed by atoms with Crippen molar-refractivity contribution >= 4 is 5.78 Å². The minimum Gasteiger partial charge on any atom is -0.300 e. The lowest BCUT2D eigenvalue weighted by Gasteiger charge is -2.03. The number of carbonyl (C=O) groups excluding carboxylic acids is 1. The molecule has 0 spiro atoms. The Balaban J connectivity index is 1.77. The van der Waals surface area contributed by atoms with Crippen LogP contribution in [0.25, 0.3) is 0 Å². The van der Waals surface area contributed by atoms with E-state index in [4.69, 9.17) is 0 Å². The molecule has 0 saturated heterocycles. The molecule has 2 saturated carbocycles. The molecule has 0 radical (unpaired) electrons. The summed E-state index contributed by atoms with van der Waals surface area (Å²) in [4.78, 5) is 10.9. The van der Waals surface area contributed by atoms with Gasteiger partial charge in [0.1, 0.15) is 5.78 Å². The maximum Gasteiger partial charge on any atom is 0.133 e. The fourth-order valence-electron chi connectivity index (χ4n) is 1.92. The Kier molecular flexibility index (Phi) is 1.51. The lowest BCUT2D eigenvalue weighted by molar-refractivity contribution is -0.117. The minimum absolute atomic E-state index is 0.505. The Labute approximate surface area is 61.8 Å². The molecule has 10 heavy (non-hydrogen) atoms. The first kappa shape index (κ1) is 6.38. The Morgan fingerprint density at radius 2 is 2.00 bits per heavy atom.